The summed E-state index contributed by atoms with van der Waals surface area (Å²) in [6, 6.07) is 5.30. The molecule has 5 nitrogen and oxygen atoms in total. The molecule has 0 fully saturated rings. The lowest BCUT2D eigenvalue weighted by Gasteiger charge is -2.16. The number of nitrogens with one attached hydrogen (secondary N) is 1. The second-order valence-corrected chi connectivity index (χ2v) is 6.32. The largest absolute Gasteiger partial charge is 0.370 e. The molecule has 8 heteroatoms. The first-order chi connectivity index (χ1) is 11.5. The van der Waals surface area contributed by atoms with Gasteiger partial charge in [-0.25, -0.2) is 4.99 Å². The molecule has 0 saturated heterocycles. The number of aromatic nitrogens is 1. The summed E-state index contributed by atoms with van der Waals surface area (Å²) >= 11 is 12.1. The van der Waals surface area contributed by atoms with Gasteiger partial charge >= 0.3 is 0 Å². The van der Waals surface area contributed by atoms with Crippen molar-refractivity contribution in [2.75, 3.05) is 0 Å². The van der Waals surface area contributed by atoms with Crippen LogP contribution < -0.4 is 11.1 Å². The van der Waals surface area contributed by atoms with Crippen molar-refractivity contribution in [2.24, 2.45) is 10.7 Å². The van der Waals surface area contributed by atoms with Crippen LogP contribution >= 0.6 is 47.2 Å². The van der Waals surface area contributed by atoms with Gasteiger partial charge in [-0.05, 0) is 31.0 Å². The number of nitrogens with two attached hydrogens (primary N) is 1. The van der Waals surface area contributed by atoms with Crippen molar-refractivity contribution in [3.8, 4) is 0 Å². The van der Waals surface area contributed by atoms with E-state index < -0.39 is 0 Å². The van der Waals surface area contributed by atoms with Crippen molar-refractivity contribution >= 4 is 53.1 Å². The Hall–Kier alpha value is -0.990. The monoisotopic (exact) mass is 496 g/mol. The fourth-order valence-electron chi connectivity index (χ4n) is 2.48. The van der Waals surface area contributed by atoms with Crippen LogP contribution in [0.4, 0.5) is 0 Å². The Morgan fingerprint density at radius 2 is 2.04 bits per heavy atom. The van der Waals surface area contributed by atoms with Gasteiger partial charge in [-0.1, -0.05) is 48.3 Å². The third kappa shape index (κ3) is 5.76. The standard InChI is InChI=1S/C17H22Cl2N4O.HI/c1-4-15-13(16(5-2)24-23-15)9-21-17(20)22-10(3)12-7-6-11(18)8-14(12)19;/h6-8,10H,4-5,9H2,1-3H3,(H3,20,21,22);1H. The first-order valence-corrected chi connectivity index (χ1v) is 8.69. The van der Waals surface area contributed by atoms with Gasteiger partial charge < -0.3 is 15.6 Å². The molecule has 1 unspecified atom stereocenters. The molecule has 2 rings (SSSR count). The molecule has 1 atom stereocenters. The highest BCUT2D eigenvalue weighted by atomic mass is 127. The molecule has 138 valence electrons. The van der Waals surface area contributed by atoms with Gasteiger partial charge in [-0.2, -0.15) is 0 Å². The predicted octanol–water partition coefficient (Wildman–Crippen LogP) is 4.89. The molecular weight excluding hydrogens is 474 g/mol. The summed E-state index contributed by atoms with van der Waals surface area (Å²) in [5.41, 5.74) is 8.86. The molecule has 0 spiro atoms. The van der Waals surface area contributed by atoms with E-state index >= 15 is 0 Å². The summed E-state index contributed by atoms with van der Waals surface area (Å²) in [5, 5.41) is 8.41. The minimum atomic E-state index is -0.0858. The maximum Gasteiger partial charge on any atom is 0.189 e. The molecule has 2 aromatic rings. The van der Waals surface area contributed by atoms with Gasteiger partial charge in [0.25, 0.3) is 0 Å². The van der Waals surface area contributed by atoms with Crippen LogP contribution in [0.15, 0.2) is 27.7 Å². The number of aliphatic imine (C=N–C) groups is 1. The average Bonchev–Trinajstić information content (AvgIpc) is 2.94. The molecular formula is C17H23Cl2IN4O. The van der Waals surface area contributed by atoms with Crippen LogP contribution in [0.1, 0.15) is 49.4 Å². The minimum absolute atomic E-state index is 0. The molecule has 3 N–H and O–H groups in total. The first kappa shape index (κ1) is 22.1. The van der Waals surface area contributed by atoms with E-state index in [1.807, 2.05) is 26.8 Å². The number of rotatable bonds is 6. The summed E-state index contributed by atoms with van der Waals surface area (Å²) < 4.78 is 5.34. The van der Waals surface area contributed by atoms with E-state index in [-0.39, 0.29) is 30.0 Å². The Bertz CT molecular complexity index is 712. The lowest BCUT2D eigenvalue weighted by molar-refractivity contribution is 0.380. The van der Waals surface area contributed by atoms with Crippen LogP contribution in [0.25, 0.3) is 0 Å². The molecule has 0 amide bonds. The molecule has 1 aromatic carbocycles. The molecule has 0 aliphatic carbocycles. The summed E-state index contributed by atoms with van der Waals surface area (Å²) in [4.78, 5) is 4.41. The van der Waals surface area contributed by atoms with Crippen molar-refractivity contribution in [1.82, 2.24) is 10.5 Å². The second kappa shape index (κ2) is 10.2. The normalized spacial score (nSPS) is 12.6. The fourth-order valence-corrected chi connectivity index (χ4v) is 3.05. The highest BCUT2D eigenvalue weighted by Gasteiger charge is 2.14. The Labute approximate surface area is 175 Å². The summed E-state index contributed by atoms with van der Waals surface area (Å²) in [7, 11) is 0. The van der Waals surface area contributed by atoms with Crippen LogP contribution in [0.2, 0.25) is 10.0 Å². The van der Waals surface area contributed by atoms with E-state index in [1.54, 1.807) is 12.1 Å². The van der Waals surface area contributed by atoms with Crippen molar-refractivity contribution in [1.29, 1.82) is 0 Å². The van der Waals surface area contributed by atoms with Gasteiger partial charge in [-0.3, -0.25) is 0 Å². The molecule has 1 aromatic heterocycles. The van der Waals surface area contributed by atoms with Crippen LogP contribution in [-0.2, 0) is 19.4 Å². The van der Waals surface area contributed by atoms with Crippen molar-refractivity contribution in [2.45, 2.75) is 46.2 Å². The molecule has 0 bridgehead atoms. The molecule has 0 aliphatic rings. The SMILES string of the molecule is CCc1noc(CC)c1CN=C(N)NC(C)c1ccc(Cl)cc1Cl.I. The van der Waals surface area contributed by atoms with Crippen LogP contribution in [0.3, 0.4) is 0 Å². The molecule has 0 radical (unpaired) electrons. The zero-order valence-corrected chi connectivity index (χ0v) is 18.3. The van der Waals surface area contributed by atoms with E-state index in [0.717, 1.165) is 35.4 Å². The highest BCUT2D eigenvalue weighted by Crippen LogP contribution is 2.26. The number of hydrogen-bond donors (Lipinski definition) is 2. The van der Waals surface area contributed by atoms with Gasteiger partial charge in [-0.15, -0.1) is 24.0 Å². The quantitative estimate of drug-likeness (QED) is 0.339. The van der Waals surface area contributed by atoms with E-state index in [4.69, 9.17) is 33.5 Å². The number of hydrogen-bond acceptors (Lipinski definition) is 3. The Morgan fingerprint density at radius 3 is 2.64 bits per heavy atom. The van der Waals surface area contributed by atoms with Crippen LogP contribution in [0.5, 0.6) is 0 Å². The summed E-state index contributed by atoms with van der Waals surface area (Å²) in [5.74, 6) is 1.20. The van der Waals surface area contributed by atoms with E-state index in [9.17, 15) is 0 Å². The predicted molar refractivity (Wildman–Crippen MR) is 114 cm³/mol. The fraction of sp³-hybridized carbons (Fsp3) is 0.412. The Balaban J connectivity index is 0.00000312. The lowest BCUT2D eigenvalue weighted by atomic mass is 10.1. The number of benzene rings is 1. The maximum atomic E-state index is 6.22. The number of guanidine groups is 1. The van der Waals surface area contributed by atoms with Gasteiger partial charge in [0.2, 0.25) is 0 Å². The summed E-state index contributed by atoms with van der Waals surface area (Å²) in [6.07, 6.45) is 1.58. The minimum Gasteiger partial charge on any atom is -0.370 e. The van der Waals surface area contributed by atoms with Crippen LogP contribution in [-0.4, -0.2) is 11.1 Å². The number of halogens is 3. The van der Waals surface area contributed by atoms with Gasteiger partial charge in [0.05, 0.1) is 18.3 Å². The molecule has 1 heterocycles. The highest BCUT2D eigenvalue weighted by molar-refractivity contribution is 14.0. The van der Waals surface area contributed by atoms with Crippen LogP contribution in [0, 0.1) is 0 Å². The Kier molecular flexibility index (Phi) is 9.02. The molecule has 0 saturated carbocycles. The zero-order valence-electron chi connectivity index (χ0n) is 14.5. The Morgan fingerprint density at radius 1 is 1.32 bits per heavy atom. The third-order valence-electron chi connectivity index (χ3n) is 3.81. The van der Waals surface area contributed by atoms with Gasteiger partial charge in [0.15, 0.2) is 5.96 Å². The zero-order chi connectivity index (χ0) is 17.7. The number of nitrogens with zero attached hydrogens (tertiary/aromatic N) is 2. The van der Waals surface area contributed by atoms with Gasteiger partial charge in [0, 0.05) is 22.0 Å². The van der Waals surface area contributed by atoms with E-state index in [1.165, 1.54) is 0 Å². The van der Waals surface area contributed by atoms with E-state index in [0.29, 0.717) is 22.5 Å². The lowest BCUT2D eigenvalue weighted by Crippen LogP contribution is -2.34. The average molecular weight is 497 g/mol. The number of aryl methyl sites for hydroxylation is 2. The maximum absolute atomic E-state index is 6.22. The van der Waals surface area contributed by atoms with Crippen molar-refractivity contribution < 1.29 is 4.52 Å². The molecule has 0 aliphatic heterocycles. The van der Waals surface area contributed by atoms with Crippen molar-refractivity contribution in [3.63, 3.8) is 0 Å². The van der Waals surface area contributed by atoms with E-state index in [2.05, 4.69) is 15.5 Å². The topological polar surface area (TPSA) is 76.4 Å². The van der Waals surface area contributed by atoms with Gasteiger partial charge in [0.1, 0.15) is 5.76 Å². The first-order valence-electron chi connectivity index (χ1n) is 7.93. The van der Waals surface area contributed by atoms with Crippen molar-refractivity contribution in [3.05, 3.63) is 50.8 Å². The third-order valence-corrected chi connectivity index (χ3v) is 4.37. The second-order valence-electron chi connectivity index (χ2n) is 5.47. The summed E-state index contributed by atoms with van der Waals surface area (Å²) in [6.45, 7) is 6.47. The smallest absolute Gasteiger partial charge is 0.189 e. The molecule has 25 heavy (non-hydrogen) atoms.